The summed E-state index contributed by atoms with van der Waals surface area (Å²) in [5.41, 5.74) is 2.67. The van der Waals surface area contributed by atoms with E-state index in [2.05, 4.69) is 23.3 Å². The summed E-state index contributed by atoms with van der Waals surface area (Å²) in [6.45, 7) is 8.29. The van der Waals surface area contributed by atoms with Gasteiger partial charge in [0, 0.05) is 36.7 Å². The first-order valence-electron chi connectivity index (χ1n) is 12.3. The number of carbonyl (C=O) groups is 2. The molecule has 8 nitrogen and oxygen atoms in total. The molecule has 0 aromatic heterocycles. The lowest BCUT2D eigenvalue weighted by molar-refractivity contribution is -0.117. The Morgan fingerprint density at radius 1 is 1.11 bits per heavy atom. The van der Waals surface area contributed by atoms with E-state index in [0.29, 0.717) is 38.0 Å². The van der Waals surface area contributed by atoms with Crippen molar-refractivity contribution in [2.24, 2.45) is 0 Å². The summed E-state index contributed by atoms with van der Waals surface area (Å²) >= 11 is 0. The molecule has 36 heavy (non-hydrogen) atoms. The van der Waals surface area contributed by atoms with Gasteiger partial charge in [0.1, 0.15) is 5.75 Å². The van der Waals surface area contributed by atoms with Crippen LogP contribution in [0.2, 0.25) is 0 Å². The van der Waals surface area contributed by atoms with Crippen molar-refractivity contribution in [3.63, 3.8) is 0 Å². The summed E-state index contributed by atoms with van der Waals surface area (Å²) < 4.78 is 34.0. The first kappa shape index (κ1) is 25.9. The van der Waals surface area contributed by atoms with Crippen LogP contribution >= 0.6 is 0 Å². The maximum Gasteiger partial charge on any atom is 0.251 e. The lowest BCUT2D eigenvalue weighted by atomic mass is 9.95. The van der Waals surface area contributed by atoms with Gasteiger partial charge in [0.05, 0.1) is 11.5 Å². The van der Waals surface area contributed by atoms with Gasteiger partial charge < -0.3 is 15.4 Å². The van der Waals surface area contributed by atoms with Crippen molar-refractivity contribution >= 4 is 21.8 Å². The van der Waals surface area contributed by atoms with Gasteiger partial charge in [0.25, 0.3) is 5.91 Å². The van der Waals surface area contributed by atoms with Gasteiger partial charge in [0.2, 0.25) is 15.9 Å². The van der Waals surface area contributed by atoms with Crippen LogP contribution in [0.4, 0.5) is 0 Å². The number of piperidine rings is 1. The highest BCUT2D eigenvalue weighted by Crippen LogP contribution is 2.31. The number of nitrogens with zero attached hydrogens (tertiary/aromatic N) is 1. The minimum absolute atomic E-state index is 0.110. The molecule has 2 aromatic rings. The van der Waals surface area contributed by atoms with Crippen molar-refractivity contribution in [3.8, 4) is 5.75 Å². The number of hydrogen-bond acceptors (Lipinski definition) is 5. The van der Waals surface area contributed by atoms with Crippen LogP contribution in [-0.2, 0) is 27.7 Å². The summed E-state index contributed by atoms with van der Waals surface area (Å²) in [6, 6.07) is 11.4. The van der Waals surface area contributed by atoms with Gasteiger partial charge in [-0.15, -0.1) is 0 Å². The van der Waals surface area contributed by atoms with Crippen LogP contribution in [0.25, 0.3) is 0 Å². The van der Waals surface area contributed by atoms with Crippen LogP contribution in [0, 0.1) is 0 Å². The molecule has 0 saturated carbocycles. The lowest BCUT2D eigenvalue weighted by Crippen LogP contribution is -2.54. The molecule has 4 rings (SSSR count). The molecular formula is C27H33N3O5S. The Morgan fingerprint density at radius 2 is 1.81 bits per heavy atom. The van der Waals surface area contributed by atoms with Crippen LogP contribution in [0.15, 0.2) is 60.0 Å². The number of benzene rings is 2. The van der Waals surface area contributed by atoms with Crippen molar-refractivity contribution in [3.05, 3.63) is 71.8 Å². The standard InChI is InChI=1S/C27H33N3O5S/c1-4-25(31)29-23-16-18(2)30(19(3)17-23)36(33,34)24-10-8-22(9-11-24)27(32)28-14-12-20-6-5-7-21-13-15-35-26(20)21/h4-11,18-19,23H,1,12-17H2,2-3H3,(H,28,32)(H,29,31). The maximum absolute atomic E-state index is 13.4. The molecule has 2 N–H and O–H groups in total. The third-order valence-corrected chi connectivity index (χ3v) is 8.96. The Hall–Kier alpha value is -3.17. The number of hydrogen-bond donors (Lipinski definition) is 2. The van der Waals surface area contributed by atoms with E-state index >= 15 is 0 Å². The number of nitrogens with one attached hydrogen (secondary N) is 2. The highest BCUT2D eigenvalue weighted by Gasteiger charge is 2.39. The zero-order valence-electron chi connectivity index (χ0n) is 20.7. The lowest BCUT2D eigenvalue weighted by Gasteiger charge is -2.41. The molecule has 2 atom stereocenters. The van der Waals surface area contributed by atoms with E-state index in [1.165, 1.54) is 40.2 Å². The first-order chi connectivity index (χ1) is 17.2. The highest BCUT2D eigenvalue weighted by molar-refractivity contribution is 7.89. The van der Waals surface area contributed by atoms with Gasteiger partial charge in [0.15, 0.2) is 0 Å². The Morgan fingerprint density at radius 3 is 2.47 bits per heavy atom. The minimum Gasteiger partial charge on any atom is -0.493 e. The van der Waals surface area contributed by atoms with Gasteiger partial charge in [-0.2, -0.15) is 4.31 Å². The van der Waals surface area contributed by atoms with Crippen LogP contribution in [0.1, 0.15) is 48.2 Å². The fourth-order valence-electron chi connectivity index (χ4n) is 5.21. The van der Waals surface area contributed by atoms with E-state index in [1.54, 1.807) is 0 Å². The molecule has 0 aliphatic carbocycles. The molecule has 1 saturated heterocycles. The minimum atomic E-state index is -3.76. The van der Waals surface area contributed by atoms with E-state index in [4.69, 9.17) is 4.74 Å². The largest absolute Gasteiger partial charge is 0.493 e. The second-order valence-electron chi connectivity index (χ2n) is 9.45. The molecule has 0 bridgehead atoms. The first-order valence-corrected chi connectivity index (χ1v) is 13.7. The predicted molar refractivity (Wildman–Crippen MR) is 137 cm³/mol. The molecule has 1 fully saturated rings. The Kier molecular flexibility index (Phi) is 7.80. The number of para-hydroxylation sites is 1. The van der Waals surface area contributed by atoms with Gasteiger partial charge in [-0.25, -0.2) is 8.42 Å². The van der Waals surface area contributed by atoms with E-state index in [-0.39, 0.29) is 34.8 Å². The molecule has 9 heteroatoms. The average Bonchev–Trinajstić information content (AvgIpc) is 3.33. The third-order valence-electron chi connectivity index (χ3n) is 6.82. The van der Waals surface area contributed by atoms with Crippen LogP contribution in [-0.4, -0.2) is 55.8 Å². The summed E-state index contributed by atoms with van der Waals surface area (Å²) in [4.78, 5) is 24.4. The predicted octanol–water partition coefficient (Wildman–Crippen LogP) is 2.83. The van der Waals surface area contributed by atoms with Gasteiger partial charge >= 0.3 is 0 Å². The number of carbonyl (C=O) groups excluding carboxylic acids is 2. The summed E-state index contributed by atoms with van der Waals surface area (Å²) in [7, 11) is -3.76. The van der Waals surface area contributed by atoms with E-state index in [1.807, 2.05) is 26.0 Å². The van der Waals surface area contributed by atoms with Gasteiger partial charge in [-0.3, -0.25) is 9.59 Å². The summed E-state index contributed by atoms with van der Waals surface area (Å²) in [5.74, 6) is 0.412. The zero-order valence-corrected chi connectivity index (χ0v) is 21.5. The van der Waals surface area contributed by atoms with Crippen molar-refractivity contribution in [2.45, 2.75) is 62.6 Å². The van der Waals surface area contributed by atoms with Gasteiger partial charge in [-0.05, 0) is 74.6 Å². The fraction of sp³-hybridized carbons (Fsp3) is 0.407. The topological polar surface area (TPSA) is 105 Å². The average molecular weight is 512 g/mol. The zero-order chi connectivity index (χ0) is 25.9. The number of amides is 2. The molecule has 0 spiro atoms. The molecule has 2 aromatic carbocycles. The normalized spacial score (nSPS) is 21.8. The third kappa shape index (κ3) is 5.47. The molecule has 2 amide bonds. The fourth-order valence-corrected chi connectivity index (χ4v) is 7.05. The Labute approximate surface area is 212 Å². The molecule has 2 aliphatic heterocycles. The number of rotatable bonds is 8. The highest BCUT2D eigenvalue weighted by atomic mass is 32.2. The van der Waals surface area contributed by atoms with Crippen molar-refractivity contribution in [1.29, 1.82) is 0 Å². The van der Waals surface area contributed by atoms with Crippen molar-refractivity contribution in [2.75, 3.05) is 13.2 Å². The van der Waals surface area contributed by atoms with Crippen LogP contribution in [0.5, 0.6) is 5.75 Å². The molecule has 2 unspecified atom stereocenters. The number of ether oxygens (including phenoxy) is 1. The Bertz CT molecular complexity index is 1230. The van der Waals surface area contributed by atoms with Crippen LogP contribution in [0.3, 0.4) is 0 Å². The number of sulfonamides is 1. The van der Waals surface area contributed by atoms with Crippen molar-refractivity contribution < 1.29 is 22.7 Å². The molecule has 2 aliphatic rings. The summed E-state index contributed by atoms with van der Waals surface area (Å²) in [6.07, 6.45) is 3.81. The van der Waals surface area contributed by atoms with Crippen molar-refractivity contribution in [1.82, 2.24) is 14.9 Å². The maximum atomic E-state index is 13.4. The van der Waals surface area contributed by atoms with E-state index in [0.717, 1.165) is 17.7 Å². The Balaban J connectivity index is 1.37. The second-order valence-corrected chi connectivity index (χ2v) is 11.3. The van der Waals surface area contributed by atoms with E-state index < -0.39 is 10.0 Å². The summed E-state index contributed by atoms with van der Waals surface area (Å²) in [5, 5.41) is 5.77. The smallest absolute Gasteiger partial charge is 0.251 e. The second kappa shape index (κ2) is 10.8. The van der Waals surface area contributed by atoms with E-state index in [9.17, 15) is 18.0 Å². The van der Waals surface area contributed by atoms with Crippen LogP contribution < -0.4 is 15.4 Å². The molecule has 0 radical (unpaired) electrons. The SMILES string of the molecule is C=CC(=O)NC1CC(C)N(S(=O)(=O)c2ccc(C(=O)NCCc3cccc4c3OCC4)cc2)C(C)C1. The molecule has 192 valence electrons. The molecule has 2 heterocycles. The monoisotopic (exact) mass is 511 g/mol. The quantitative estimate of drug-likeness (QED) is 0.531. The molecular weight excluding hydrogens is 478 g/mol. The number of fused-ring (bicyclic) bond motifs is 1. The van der Waals surface area contributed by atoms with Gasteiger partial charge in [-0.1, -0.05) is 24.8 Å².